The number of aromatic nitrogens is 2. The average Bonchev–Trinajstić information content (AvgIpc) is 3.24. The Morgan fingerprint density at radius 3 is 2.56 bits per heavy atom. The number of ether oxygens (including phenoxy) is 1. The van der Waals surface area contributed by atoms with Crippen molar-refractivity contribution in [1.82, 2.24) is 14.9 Å². The topological polar surface area (TPSA) is 78.5 Å². The van der Waals surface area contributed by atoms with Gasteiger partial charge in [-0.1, -0.05) is 50.2 Å². The number of aryl methyl sites for hydroxylation is 3. The molecule has 4 aromatic rings. The summed E-state index contributed by atoms with van der Waals surface area (Å²) in [5.41, 5.74) is 5.28. The third-order valence-corrected chi connectivity index (χ3v) is 7.17. The molecule has 0 bridgehead atoms. The van der Waals surface area contributed by atoms with Gasteiger partial charge in [0.2, 0.25) is 0 Å². The third-order valence-electron chi connectivity index (χ3n) is 6.30. The first kappa shape index (κ1) is 26.1. The highest BCUT2D eigenvalue weighted by molar-refractivity contribution is 7.17. The van der Waals surface area contributed by atoms with E-state index in [1.54, 1.807) is 0 Å². The summed E-state index contributed by atoms with van der Waals surface area (Å²) in [5, 5.41) is 13.4. The lowest BCUT2D eigenvalue weighted by Gasteiger charge is -2.26. The second kappa shape index (κ2) is 11.4. The van der Waals surface area contributed by atoms with Crippen LogP contribution in [0.25, 0.3) is 21.3 Å². The number of hydrogen-bond donors (Lipinski definition) is 2. The Balaban J connectivity index is 1.51. The van der Waals surface area contributed by atoms with E-state index in [0.29, 0.717) is 30.2 Å². The van der Waals surface area contributed by atoms with E-state index in [9.17, 15) is 9.90 Å². The van der Waals surface area contributed by atoms with Crippen LogP contribution in [-0.4, -0.2) is 45.8 Å². The van der Waals surface area contributed by atoms with Crippen LogP contribution >= 0.6 is 11.3 Å². The van der Waals surface area contributed by atoms with Crippen molar-refractivity contribution in [2.24, 2.45) is 5.92 Å². The first-order valence-corrected chi connectivity index (χ1v) is 13.3. The molecule has 6 nitrogen and oxygen atoms in total. The van der Waals surface area contributed by atoms with Crippen LogP contribution in [0.4, 0.5) is 0 Å². The van der Waals surface area contributed by atoms with Crippen molar-refractivity contribution < 1.29 is 9.84 Å². The minimum absolute atomic E-state index is 0.127. The molecule has 0 spiro atoms. The molecule has 0 saturated carbocycles. The maximum Gasteiger partial charge on any atom is 0.260 e. The van der Waals surface area contributed by atoms with E-state index < -0.39 is 6.10 Å². The van der Waals surface area contributed by atoms with Gasteiger partial charge in [0.05, 0.1) is 11.9 Å². The Morgan fingerprint density at radius 1 is 1.06 bits per heavy atom. The summed E-state index contributed by atoms with van der Waals surface area (Å²) in [6, 6.07) is 14.0. The first-order valence-electron chi connectivity index (χ1n) is 12.4. The highest BCUT2D eigenvalue weighted by atomic mass is 32.1. The molecule has 0 unspecified atom stereocenters. The van der Waals surface area contributed by atoms with Crippen LogP contribution in [0.3, 0.4) is 0 Å². The maximum absolute atomic E-state index is 13.1. The molecule has 0 aliphatic carbocycles. The Hall–Kier alpha value is -3.00. The van der Waals surface area contributed by atoms with E-state index in [-0.39, 0.29) is 12.2 Å². The average molecular weight is 506 g/mol. The Morgan fingerprint density at radius 2 is 1.83 bits per heavy atom. The summed E-state index contributed by atoms with van der Waals surface area (Å²) < 4.78 is 5.84. The summed E-state index contributed by atoms with van der Waals surface area (Å²) in [7, 11) is 0. The van der Waals surface area contributed by atoms with E-state index >= 15 is 0 Å². The number of benzene rings is 2. The number of nitrogens with zero attached hydrogens (tertiary/aromatic N) is 2. The highest BCUT2D eigenvalue weighted by Crippen LogP contribution is 2.31. The van der Waals surface area contributed by atoms with Gasteiger partial charge >= 0.3 is 0 Å². The van der Waals surface area contributed by atoms with Crippen LogP contribution in [-0.2, 0) is 6.54 Å². The van der Waals surface area contributed by atoms with E-state index in [0.717, 1.165) is 33.8 Å². The molecule has 2 aromatic heterocycles. The van der Waals surface area contributed by atoms with Crippen molar-refractivity contribution in [3.8, 4) is 16.9 Å². The lowest BCUT2D eigenvalue weighted by atomic mass is 10.0. The molecule has 2 heterocycles. The van der Waals surface area contributed by atoms with Crippen LogP contribution in [0, 0.1) is 26.7 Å². The van der Waals surface area contributed by atoms with Gasteiger partial charge < -0.3 is 14.8 Å². The normalized spacial score (nSPS) is 12.6. The zero-order valence-electron chi connectivity index (χ0n) is 21.7. The summed E-state index contributed by atoms with van der Waals surface area (Å²) in [6.45, 7) is 12.3. The third kappa shape index (κ3) is 6.22. The van der Waals surface area contributed by atoms with Crippen molar-refractivity contribution in [3.05, 3.63) is 80.7 Å². The molecular weight excluding hydrogens is 470 g/mol. The minimum atomic E-state index is -0.670. The maximum atomic E-state index is 13.1. The van der Waals surface area contributed by atoms with Crippen molar-refractivity contribution in [2.75, 3.05) is 19.7 Å². The number of rotatable bonds is 10. The Labute approximate surface area is 216 Å². The Kier molecular flexibility index (Phi) is 8.24. The standard InChI is InChI=1S/C29H35N3O3S/c1-18(2)13-32(14-23(33)16-35-25-9-7-6-8-20(25)4)15-26-30-28(34)27-24(17-36-29(27)31-26)22-11-10-19(3)21(5)12-22/h6-12,17-18,23,33H,13-16H2,1-5H3,(H,30,31,34)/t23-/m0/s1. The summed E-state index contributed by atoms with van der Waals surface area (Å²) in [6.07, 6.45) is -0.670. The number of aliphatic hydroxyl groups excluding tert-OH is 1. The van der Waals surface area contributed by atoms with Gasteiger partial charge in [-0.2, -0.15) is 0 Å². The van der Waals surface area contributed by atoms with Crippen LogP contribution in [0.5, 0.6) is 5.75 Å². The number of aliphatic hydroxyl groups is 1. The van der Waals surface area contributed by atoms with Crippen LogP contribution in [0.1, 0.15) is 36.4 Å². The molecule has 190 valence electrons. The van der Waals surface area contributed by atoms with Crippen molar-refractivity contribution in [3.63, 3.8) is 0 Å². The van der Waals surface area contributed by atoms with Gasteiger partial charge in [-0.3, -0.25) is 9.69 Å². The second-order valence-electron chi connectivity index (χ2n) is 9.96. The molecule has 7 heteroatoms. The fourth-order valence-corrected chi connectivity index (χ4v) is 5.34. The first-order chi connectivity index (χ1) is 17.2. The molecule has 4 rings (SSSR count). The lowest BCUT2D eigenvalue weighted by Crippen LogP contribution is -2.38. The number of para-hydroxylation sites is 1. The van der Waals surface area contributed by atoms with E-state index in [1.165, 1.54) is 22.5 Å². The van der Waals surface area contributed by atoms with Crippen LogP contribution in [0.2, 0.25) is 0 Å². The fraction of sp³-hybridized carbons (Fsp3) is 0.379. The van der Waals surface area contributed by atoms with Gasteiger partial charge in [-0.15, -0.1) is 11.3 Å². The second-order valence-corrected chi connectivity index (χ2v) is 10.8. The predicted molar refractivity (Wildman–Crippen MR) is 148 cm³/mol. The van der Waals surface area contributed by atoms with E-state index in [2.05, 4.69) is 55.8 Å². The zero-order valence-corrected chi connectivity index (χ0v) is 22.5. The summed E-state index contributed by atoms with van der Waals surface area (Å²) in [5.74, 6) is 1.78. The number of nitrogens with one attached hydrogen (secondary N) is 1. The van der Waals surface area contributed by atoms with Gasteiger partial charge in [0.1, 0.15) is 29.1 Å². The van der Waals surface area contributed by atoms with E-state index in [1.807, 2.05) is 36.6 Å². The smallest absolute Gasteiger partial charge is 0.260 e. The van der Waals surface area contributed by atoms with E-state index in [4.69, 9.17) is 9.72 Å². The highest BCUT2D eigenvalue weighted by Gasteiger charge is 2.18. The molecular formula is C29H35N3O3S. The molecule has 0 radical (unpaired) electrons. The molecule has 0 fully saturated rings. The molecule has 36 heavy (non-hydrogen) atoms. The monoisotopic (exact) mass is 505 g/mol. The molecule has 0 saturated heterocycles. The zero-order chi connectivity index (χ0) is 25.8. The van der Waals surface area contributed by atoms with Gasteiger partial charge in [0.25, 0.3) is 5.56 Å². The summed E-state index contributed by atoms with van der Waals surface area (Å²) in [4.78, 5) is 23.8. The summed E-state index contributed by atoms with van der Waals surface area (Å²) >= 11 is 1.49. The van der Waals surface area contributed by atoms with Gasteiger partial charge in [0.15, 0.2) is 0 Å². The SMILES string of the molecule is Cc1ccc(-c2csc3nc(CN(CC(C)C)C[C@H](O)COc4ccccc4C)[nH]c(=O)c23)cc1C. The number of H-pyrrole nitrogens is 1. The largest absolute Gasteiger partial charge is 0.491 e. The van der Waals surface area contributed by atoms with Crippen molar-refractivity contribution >= 4 is 21.6 Å². The number of fused-ring (bicyclic) bond motifs is 1. The molecule has 0 aliphatic rings. The molecule has 0 aliphatic heterocycles. The Bertz CT molecular complexity index is 1390. The number of aromatic amines is 1. The molecule has 2 aromatic carbocycles. The van der Waals surface area contributed by atoms with Crippen molar-refractivity contribution in [1.29, 1.82) is 0 Å². The quantitative estimate of drug-likeness (QED) is 0.299. The van der Waals surface area contributed by atoms with Gasteiger partial charge in [-0.05, 0) is 55.0 Å². The molecule has 2 N–H and O–H groups in total. The lowest BCUT2D eigenvalue weighted by molar-refractivity contribution is 0.0604. The minimum Gasteiger partial charge on any atom is -0.491 e. The molecule has 1 atom stereocenters. The van der Waals surface area contributed by atoms with Crippen LogP contribution in [0.15, 0.2) is 52.6 Å². The van der Waals surface area contributed by atoms with Gasteiger partial charge in [0, 0.05) is 24.0 Å². The van der Waals surface area contributed by atoms with Crippen LogP contribution < -0.4 is 10.3 Å². The number of hydrogen-bond acceptors (Lipinski definition) is 6. The number of thiophene rings is 1. The van der Waals surface area contributed by atoms with Gasteiger partial charge in [-0.25, -0.2) is 4.98 Å². The predicted octanol–water partition coefficient (Wildman–Crippen LogP) is 5.47. The molecule has 0 amide bonds. The van der Waals surface area contributed by atoms with Crippen molar-refractivity contribution in [2.45, 2.75) is 47.3 Å². The fourth-order valence-electron chi connectivity index (χ4n) is 4.38.